The lowest BCUT2D eigenvalue weighted by Crippen LogP contribution is -2.29. The van der Waals surface area contributed by atoms with E-state index in [1.54, 1.807) is 11.9 Å². The highest BCUT2D eigenvalue weighted by molar-refractivity contribution is 6.03. The number of carbonyl (C=O) groups excluding carboxylic acids is 2. The average molecular weight is 372 g/mol. The van der Waals surface area contributed by atoms with Crippen LogP contribution in [-0.2, 0) is 13.0 Å². The molecule has 0 bridgehead atoms. The van der Waals surface area contributed by atoms with Gasteiger partial charge in [0, 0.05) is 25.8 Å². The number of nitrogens with zero attached hydrogens (tertiary/aromatic N) is 3. The van der Waals surface area contributed by atoms with Crippen molar-refractivity contribution in [2.75, 3.05) is 18.9 Å². The third-order valence-corrected chi connectivity index (χ3v) is 4.82. The first-order valence-electron chi connectivity index (χ1n) is 9.43. The largest absolute Gasteiger partial charge is 0.340 e. The van der Waals surface area contributed by atoms with Crippen LogP contribution in [-0.4, -0.2) is 39.9 Å². The number of imidazole rings is 1. The number of hydrogen-bond acceptors (Lipinski definition) is 3. The SMILES string of the molecule is CCCCN(C)C(=O)c1nc(C(=O)Nc2ccc(F)cc2)n2c1CCCC2. The molecule has 0 unspecified atom stereocenters. The number of amides is 2. The summed E-state index contributed by atoms with van der Waals surface area (Å²) in [5.41, 5.74) is 1.69. The van der Waals surface area contributed by atoms with Gasteiger partial charge in [0.25, 0.3) is 11.8 Å². The number of anilines is 1. The molecule has 3 rings (SSSR count). The zero-order valence-corrected chi connectivity index (χ0v) is 15.8. The van der Waals surface area contributed by atoms with Crippen LogP contribution in [0.5, 0.6) is 0 Å². The zero-order chi connectivity index (χ0) is 19.4. The normalized spacial score (nSPS) is 13.1. The van der Waals surface area contributed by atoms with Crippen LogP contribution < -0.4 is 5.32 Å². The van der Waals surface area contributed by atoms with Crippen molar-refractivity contribution in [2.24, 2.45) is 0 Å². The Kier molecular flexibility index (Phi) is 5.88. The molecule has 2 heterocycles. The van der Waals surface area contributed by atoms with Gasteiger partial charge in [-0.3, -0.25) is 9.59 Å². The molecule has 27 heavy (non-hydrogen) atoms. The number of aromatic nitrogens is 2. The van der Waals surface area contributed by atoms with Gasteiger partial charge in [-0.1, -0.05) is 13.3 Å². The van der Waals surface area contributed by atoms with Crippen molar-refractivity contribution in [3.63, 3.8) is 0 Å². The molecule has 1 aromatic carbocycles. The maximum atomic E-state index is 13.1. The Balaban J connectivity index is 1.87. The van der Waals surface area contributed by atoms with Gasteiger partial charge in [0.15, 0.2) is 5.82 Å². The number of nitrogens with one attached hydrogen (secondary N) is 1. The van der Waals surface area contributed by atoms with E-state index in [1.807, 2.05) is 4.57 Å². The fourth-order valence-electron chi connectivity index (χ4n) is 3.29. The smallest absolute Gasteiger partial charge is 0.291 e. The molecule has 0 radical (unpaired) electrons. The van der Waals surface area contributed by atoms with Crippen molar-refractivity contribution in [1.82, 2.24) is 14.5 Å². The molecule has 144 valence electrons. The number of unbranched alkanes of at least 4 members (excludes halogenated alkanes) is 1. The second-order valence-electron chi connectivity index (χ2n) is 6.88. The number of benzene rings is 1. The van der Waals surface area contributed by atoms with Gasteiger partial charge in [-0.2, -0.15) is 0 Å². The van der Waals surface area contributed by atoms with Gasteiger partial charge < -0.3 is 14.8 Å². The molecule has 1 aliphatic heterocycles. The van der Waals surface area contributed by atoms with E-state index in [9.17, 15) is 14.0 Å². The first-order valence-corrected chi connectivity index (χ1v) is 9.43. The Labute approximate surface area is 158 Å². The van der Waals surface area contributed by atoms with Crippen LogP contribution in [0.1, 0.15) is 59.4 Å². The van der Waals surface area contributed by atoms with Crippen molar-refractivity contribution in [2.45, 2.75) is 45.6 Å². The van der Waals surface area contributed by atoms with Crippen molar-refractivity contribution in [3.8, 4) is 0 Å². The number of halogens is 1. The predicted molar refractivity (Wildman–Crippen MR) is 101 cm³/mol. The molecule has 1 aliphatic rings. The maximum absolute atomic E-state index is 13.1. The summed E-state index contributed by atoms with van der Waals surface area (Å²) in [6.45, 7) is 3.41. The van der Waals surface area contributed by atoms with Crippen molar-refractivity contribution in [1.29, 1.82) is 0 Å². The molecule has 1 N–H and O–H groups in total. The average Bonchev–Trinajstić information content (AvgIpc) is 3.07. The van der Waals surface area contributed by atoms with Crippen LogP contribution in [0.15, 0.2) is 24.3 Å². The van der Waals surface area contributed by atoms with E-state index >= 15 is 0 Å². The van der Waals surface area contributed by atoms with Gasteiger partial charge in [0.05, 0.1) is 5.69 Å². The Hall–Kier alpha value is -2.70. The monoisotopic (exact) mass is 372 g/mol. The van der Waals surface area contributed by atoms with E-state index < -0.39 is 0 Å². The molecule has 0 saturated carbocycles. The van der Waals surface area contributed by atoms with E-state index in [-0.39, 0.29) is 23.5 Å². The first kappa shape index (κ1) is 19.1. The van der Waals surface area contributed by atoms with E-state index in [2.05, 4.69) is 17.2 Å². The summed E-state index contributed by atoms with van der Waals surface area (Å²) in [6, 6.07) is 5.57. The van der Waals surface area contributed by atoms with Gasteiger partial charge in [0.2, 0.25) is 0 Å². The summed E-state index contributed by atoms with van der Waals surface area (Å²) in [5.74, 6) is -0.662. The van der Waals surface area contributed by atoms with Crippen LogP contribution in [0.4, 0.5) is 10.1 Å². The van der Waals surface area contributed by atoms with Crippen LogP contribution >= 0.6 is 0 Å². The van der Waals surface area contributed by atoms with Gasteiger partial charge in [-0.15, -0.1) is 0 Å². The summed E-state index contributed by atoms with van der Waals surface area (Å²) in [5, 5.41) is 2.74. The third kappa shape index (κ3) is 4.18. The molecule has 7 heteroatoms. The van der Waals surface area contributed by atoms with E-state index in [0.29, 0.717) is 24.5 Å². The summed E-state index contributed by atoms with van der Waals surface area (Å²) < 4.78 is 14.9. The van der Waals surface area contributed by atoms with Crippen LogP contribution in [0.2, 0.25) is 0 Å². The standard InChI is InChI=1S/C20H25FN4O2/c1-3-4-12-24(2)20(27)17-16-7-5-6-13-25(16)18(23-17)19(26)22-15-10-8-14(21)9-11-15/h8-11H,3-7,12-13H2,1-2H3,(H,22,26). The lowest BCUT2D eigenvalue weighted by atomic mass is 10.1. The zero-order valence-electron chi connectivity index (χ0n) is 15.8. The lowest BCUT2D eigenvalue weighted by Gasteiger charge is -2.19. The van der Waals surface area contributed by atoms with Crippen molar-refractivity contribution in [3.05, 3.63) is 47.3 Å². The quantitative estimate of drug-likeness (QED) is 0.844. The number of hydrogen-bond donors (Lipinski definition) is 1. The first-order chi connectivity index (χ1) is 13.0. The third-order valence-electron chi connectivity index (χ3n) is 4.82. The fraction of sp³-hybridized carbons (Fsp3) is 0.450. The Morgan fingerprint density at radius 2 is 2.00 bits per heavy atom. The number of rotatable bonds is 6. The van der Waals surface area contributed by atoms with Crippen LogP contribution in [0.25, 0.3) is 0 Å². The summed E-state index contributed by atoms with van der Waals surface area (Å²) in [7, 11) is 1.77. The second-order valence-corrected chi connectivity index (χ2v) is 6.88. The topological polar surface area (TPSA) is 67.2 Å². The minimum absolute atomic E-state index is 0.144. The lowest BCUT2D eigenvalue weighted by molar-refractivity contribution is 0.0786. The highest BCUT2D eigenvalue weighted by Crippen LogP contribution is 2.23. The minimum atomic E-state index is -0.389. The molecular weight excluding hydrogens is 347 g/mol. The maximum Gasteiger partial charge on any atom is 0.291 e. The highest BCUT2D eigenvalue weighted by Gasteiger charge is 2.28. The Morgan fingerprint density at radius 3 is 2.70 bits per heavy atom. The molecule has 0 saturated heterocycles. The van der Waals surface area contributed by atoms with Crippen LogP contribution in [0, 0.1) is 5.82 Å². The number of carbonyl (C=O) groups is 2. The summed E-state index contributed by atoms with van der Waals surface area (Å²) in [6.07, 6.45) is 4.59. The predicted octanol–water partition coefficient (Wildman–Crippen LogP) is 3.48. The summed E-state index contributed by atoms with van der Waals surface area (Å²) in [4.78, 5) is 31.7. The van der Waals surface area contributed by atoms with Crippen molar-refractivity contribution < 1.29 is 14.0 Å². The highest BCUT2D eigenvalue weighted by atomic mass is 19.1. The van der Waals surface area contributed by atoms with Crippen LogP contribution in [0.3, 0.4) is 0 Å². The molecule has 2 amide bonds. The molecule has 1 aromatic heterocycles. The minimum Gasteiger partial charge on any atom is -0.340 e. The molecule has 6 nitrogen and oxygen atoms in total. The molecular formula is C20H25FN4O2. The molecule has 0 fully saturated rings. The fourth-order valence-corrected chi connectivity index (χ4v) is 3.29. The van der Waals surface area contributed by atoms with E-state index in [1.165, 1.54) is 24.3 Å². The molecule has 0 aliphatic carbocycles. The second kappa shape index (κ2) is 8.33. The Morgan fingerprint density at radius 1 is 1.26 bits per heavy atom. The molecule has 2 aromatic rings. The van der Waals surface area contributed by atoms with Crippen molar-refractivity contribution >= 4 is 17.5 Å². The Bertz CT molecular complexity index is 829. The summed E-state index contributed by atoms with van der Waals surface area (Å²) >= 11 is 0. The van der Waals surface area contributed by atoms with Gasteiger partial charge >= 0.3 is 0 Å². The van der Waals surface area contributed by atoms with Gasteiger partial charge in [-0.05, 0) is 49.9 Å². The van der Waals surface area contributed by atoms with E-state index in [4.69, 9.17) is 0 Å². The molecule has 0 spiro atoms. The van der Waals surface area contributed by atoms with E-state index in [0.717, 1.165) is 37.8 Å². The van der Waals surface area contributed by atoms with Gasteiger partial charge in [0.1, 0.15) is 11.5 Å². The number of fused-ring (bicyclic) bond motifs is 1. The molecule has 0 atom stereocenters. The van der Waals surface area contributed by atoms with Gasteiger partial charge in [-0.25, -0.2) is 9.37 Å².